The van der Waals surface area contributed by atoms with Crippen LogP contribution in [0.3, 0.4) is 0 Å². The zero-order valence-electron chi connectivity index (χ0n) is 28.2. The molecule has 2 aromatic carbocycles. The van der Waals surface area contributed by atoms with Gasteiger partial charge in [-0.2, -0.15) is 0 Å². The Labute approximate surface area is 278 Å². The summed E-state index contributed by atoms with van der Waals surface area (Å²) in [6, 6.07) is 11.0. The Morgan fingerprint density at radius 3 is 2.35 bits per heavy atom. The summed E-state index contributed by atoms with van der Waals surface area (Å²) in [6.45, 7) is 8.97. The van der Waals surface area contributed by atoms with Gasteiger partial charge in [0.15, 0.2) is 0 Å². The second kappa shape index (κ2) is 13.1. The van der Waals surface area contributed by atoms with Crippen LogP contribution in [0.4, 0.5) is 37.8 Å². The number of halogens is 1. The lowest BCUT2D eigenvalue weighted by atomic mass is 9.99. The third kappa shape index (κ3) is 7.04. The monoisotopic (exact) mass is 660 g/mol. The zero-order chi connectivity index (χ0) is 35.1. The predicted octanol–water partition coefficient (Wildman–Crippen LogP) is 5.22. The van der Waals surface area contributed by atoms with Crippen LogP contribution in [0, 0.1) is 25.6 Å². The molecule has 0 unspecified atom stereocenters. The van der Waals surface area contributed by atoms with Crippen LogP contribution in [0.1, 0.15) is 55.1 Å². The number of ether oxygens (including phenoxy) is 1. The first-order valence-corrected chi connectivity index (χ1v) is 15.8. The zero-order valence-corrected chi connectivity index (χ0v) is 28.2. The summed E-state index contributed by atoms with van der Waals surface area (Å²) in [7, 11) is 3.14. The van der Waals surface area contributed by atoms with Gasteiger partial charge in [0.05, 0.1) is 23.0 Å². The number of likely N-dealkylation sites (tertiary alicyclic amines) is 1. The molecular formula is C35H41FN6O6. The second-order valence-corrected chi connectivity index (χ2v) is 13.4. The van der Waals surface area contributed by atoms with Crippen molar-refractivity contribution in [3.05, 3.63) is 75.3 Å². The van der Waals surface area contributed by atoms with Crippen LogP contribution in [0.15, 0.2) is 47.3 Å². The number of anilines is 5. The molecule has 1 aliphatic heterocycles. The molecule has 12 nitrogen and oxygen atoms in total. The number of aromatic nitrogens is 1. The fraction of sp³-hybridized carbons (Fsp3) is 0.400. The van der Waals surface area contributed by atoms with Crippen molar-refractivity contribution >= 4 is 52.9 Å². The average Bonchev–Trinajstić information content (AvgIpc) is 3.83. The minimum atomic E-state index is -0.651. The van der Waals surface area contributed by atoms with Crippen molar-refractivity contribution < 1.29 is 28.3 Å². The van der Waals surface area contributed by atoms with Gasteiger partial charge in [-0.1, -0.05) is 12.1 Å². The van der Waals surface area contributed by atoms with Gasteiger partial charge in [-0.3, -0.25) is 28.6 Å². The molecule has 1 aliphatic carbocycles. The fourth-order valence-electron chi connectivity index (χ4n) is 5.57. The first-order valence-electron chi connectivity index (χ1n) is 15.8. The van der Waals surface area contributed by atoms with E-state index in [0.29, 0.717) is 17.7 Å². The third-order valence-electron chi connectivity index (χ3n) is 8.44. The van der Waals surface area contributed by atoms with Crippen LogP contribution in [0.5, 0.6) is 0 Å². The van der Waals surface area contributed by atoms with E-state index >= 15 is 4.39 Å². The number of hydrogen-bond donors (Lipinski definition) is 2. The summed E-state index contributed by atoms with van der Waals surface area (Å²) >= 11 is 0. The number of nitrogens with zero attached hydrogens (tertiary/aromatic N) is 4. The van der Waals surface area contributed by atoms with E-state index in [2.05, 4.69) is 10.6 Å². The van der Waals surface area contributed by atoms with Crippen LogP contribution < -0.4 is 21.1 Å². The second-order valence-electron chi connectivity index (χ2n) is 13.4. The van der Waals surface area contributed by atoms with Gasteiger partial charge in [-0.25, -0.2) is 9.18 Å². The summed E-state index contributed by atoms with van der Waals surface area (Å²) in [5, 5.41) is 5.80. The number of rotatable bonds is 9. The molecule has 2 aliphatic rings. The highest BCUT2D eigenvalue weighted by Crippen LogP contribution is 2.38. The van der Waals surface area contributed by atoms with Gasteiger partial charge in [0.2, 0.25) is 12.3 Å². The highest BCUT2D eigenvalue weighted by atomic mass is 19.1. The Hall–Kier alpha value is -5.20. The molecule has 2 N–H and O–H groups in total. The Bertz CT molecular complexity index is 1840. The van der Waals surface area contributed by atoms with Crippen LogP contribution in [-0.2, 0) is 21.4 Å². The maximum Gasteiger partial charge on any atom is 0.410 e. The number of aryl methyl sites for hydroxylation is 1. The van der Waals surface area contributed by atoms with Crippen LogP contribution in [0.25, 0.3) is 0 Å². The molecule has 48 heavy (non-hydrogen) atoms. The SMILES string of the molecule is Cc1ccc(Nc2c(C(=O)N(C)C3CC3)c(N(C=O)c3cccc(NC(=O)C4CN(C(=O)OC(C)(C)C)C4)c3)c(C)c(=O)n2C)c(F)c1. The van der Waals surface area contributed by atoms with Crippen LogP contribution >= 0.6 is 0 Å². The third-order valence-corrected chi connectivity index (χ3v) is 8.44. The first-order chi connectivity index (χ1) is 22.6. The largest absolute Gasteiger partial charge is 0.444 e. The Morgan fingerprint density at radius 1 is 1.06 bits per heavy atom. The predicted molar refractivity (Wildman–Crippen MR) is 181 cm³/mol. The van der Waals surface area contributed by atoms with Gasteiger partial charge in [0.25, 0.3) is 11.5 Å². The molecule has 0 atom stereocenters. The van der Waals surface area contributed by atoms with Crippen molar-refractivity contribution in [2.24, 2.45) is 13.0 Å². The molecule has 3 aromatic rings. The van der Waals surface area contributed by atoms with Gasteiger partial charge in [-0.05, 0) is 83.4 Å². The van der Waals surface area contributed by atoms with Gasteiger partial charge in [-0.15, -0.1) is 0 Å². The van der Waals surface area contributed by atoms with Crippen molar-refractivity contribution in [1.29, 1.82) is 0 Å². The summed E-state index contributed by atoms with van der Waals surface area (Å²) in [5.74, 6) is -1.77. The van der Waals surface area contributed by atoms with Crippen molar-refractivity contribution in [2.75, 3.05) is 35.7 Å². The lowest BCUT2D eigenvalue weighted by Crippen LogP contribution is -2.55. The minimum Gasteiger partial charge on any atom is -0.444 e. The van der Waals surface area contributed by atoms with Gasteiger partial charge in [0.1, 0.15) is 22.8 Å². The Balaban J connectivity index is 1.50. The molecule has 1 aromatic heterocycles. The number of hydrogen-bond acceptors (Lipinski definition) is 7. The average molecular weight is 661 g/mol. The van der Waals surface area contributed by atoms with E-state index in [1.54, 1.807) is 70.0 Å². The fourth-order valence-corrected chi connectivity index (χ4v) is 5.57. The van der Waals surface area contributed by atoms with E-state index < -0.39 is 34.9 Å². The summed E-state index contributed by atoms with van der Waals surface area (Å²) in [4.78, 5) is 70.2. The molecule has 0 spiro atoms. The standard InChI is InChI=1S/C35H41FN6O6/c1-20-11-14-27(26(36)15-20)38-30-28(33(46)39(6)24-12-13-24)29(21(2)32(45)40(30)7)42(19-43)25-10-8-9-23(16-25)37-31(44)22-17-41(18-22)34(47)48-35(3,4)5/h8-11,14-16,19,22,24,38H,12-13,17-18H2,1-7H3,(H,37,44). The topological polar surface area (TPSA) is 133 Å². The molecule has 2 fully saturated rings. The number of nitrogens with one attached hydrogen (secondary N) is 2. The molecule has 0 bridgehead atoms. The van der Waals surface area contributed by atoms with E-state index in [1.165, 1.54) is 40.5 Å². The molecule has 4 amide bonds. The maximum absolute atomic E-state index is 15.1. The minimum absolute atomic E-state index is 0.00665. The lowest BCUT2D eigenvalue weighted by molar-refractivity contribution is -0.124. The van der Waals surface area contributed by atoms with E-state index in [9.17, 15) is 24.0 Å². The van der Waals surface area contributed by atoms with Gasteiger partial charge >= 0.3 is 6.09 Å². The van der Waals surface area contributed by atoms with E-state index in [4.69, 9.17) is 4.74 Å². The molecule has 1 saturated carbocycles. The van der Waals surface area contributed by atoms with E-state index in [1.807, 2.05) is 0 Å². The van der Waals surface area contributed by atoms with Crippen molar-refractivity contribution in [3.8, 4) is 0 Å². The molecular weight excluding hydrogens is 619 g/mol. The lowest BCUT2D eigenvalue weighted by Gasteiger charge is -2.38. The van der Waals surface area contributed by atoms with Crippen molar-refractivity contribution in [3.63, 3.8) is 0 Å². The highest BCUT2D eigenvalue weighted by molar-refractivity contribution is 6.09. The molecule has 13 heteroatoms. The summed E-state index contributed by atoms with van der Waals surface area (Å²) in [5.41, 5.74) is 0.416. The number of amides is 4. The maximum atomic E-state index is 15.1. The quantitative estimate of drug-likeness (QED) is 0.301. The van der Waals surface area contributed by atoms with Crippen molar-refractivity contribution in [1.82, 2.24) is 14.4 Å². The molecule has 5 rings (SSSR count). The number of carbonyl (C=O) groups excluding carboxylic acids is 4. The van der Waals surface area contributed by atoms with Gasteiger partial charge < -0.3 is 25.2 Å². The Kier molecular flexibility index (Phi) is 9.34. The van der Waals surface area contributed by atoms with Gasteiger partial charge in [0, 0.05) is 44.5 Å². The summed E-state index contributed by atoms with van der Waals surface area (Å²) < 4.78 is 21.7. The smallest absolute Gasteiger partial charge is 0.410 e. The molecule has 254 valence electrons. The summed E-state index contributed by atoms with van der Waals surface area (Å²) in [6.07, 6.45) is 1.63. The molecule has 1 saturated heterocycles. The van der Waals surface area contributed by atoms with E-state index in [0.717, 1.165) is 12.8 Å². The highest BCUT2D eigenvalue weighted by Gasteiger charge is 2.38. The number of benzene rings is 2. The normalized spacial score (nSPS) is 14.5. The number of pyridine rings is 1. The molecule has 2 heterocycles. The number of carbonyl (C=O) groups is 4. The van der Waals surface area contributed by atoms with E-state index in [-0.39, 0.29) is 59.0 Å². The molecule has 0 radical (unpaired) electrons. The van der Waals surface area contributed by atoms with Crippen molar-refractivity contribution in [2.45, 2.75) is 59.1 Å². The van der Waals surface area contributed by atoms with Crippen LogP contribution in [-0.4, -0.2) is 70.5 Å². The first kappa shape index (κ1) is 34.1. The van der Waals surface area contributed by atoms with Crippen LogP contribution in [0.2, 0.25) is 0 Å². The Morgan fingerprint density at radius 2 is 1.75 bits per heavy atom.